The first-order valence-corrected chi connectivity index (χ1v) is 9.06. The van der Waals surface area contributed by atoms with Crippen molar-refractivity contribution in [2.45, 2.75) is 11.2 Å². The fourth-order valence-corrected chi connectivity index (χ4v) is 5.70. The van der Waals surface area contributed by atoms with E-state index in [1.165, 1.54) is 13.4 Å². The van der Waals surface area contributed by atoms with Gasteiger partial charge >= 0.3 is 0 Å². The molecule has 0 spiro atoms. The minimum Gasteiger partial charge on any atom is -0.454 e. The molecule has 1 heterocycles. The highest BCUT2D eigenvalue weighted by Gasteiger charge is 2.72. The van der Waals surface area contributed by atoms with Gasteiger partial charge in [0.1, 0.15) is 0 Å². The first-order chi connectivity index (χ1) is 10.3. The maximum Gasteiger partial charge on any atom is 0.231 e. The fraction of sp³-hybridized carbons (Fsp3) is 0.500. The van der Waals surface area contributed by atoms with Gasteiger partial charge in [-0.25, -0.2) is 8.42 Å². The molecule has 120 valence electrons. The van der Waals surface area contributed by atoms with Crippen molar-refractivity contribution in [3.05, 3.63) is 23.8 Å². The van der Waals surface area contributed by atoms with E-state index in [1.54, 1.807) is 12.1 Å². The molecule has 1 fully saturated rings. The zero-order chi connectivity index (χ0) is 16.1. The Bertz CT molecular complexity index is 733. The second-order valence-corrected chi connectivity index (χ2v) is 8.28. The van der Waals surface area contributed by atoms with Crippen molar-refractivity contribution < 1.29 is 22.6 Å². The van der Waals surface area contributed by atoms with Crippen molar-refractivity contribution in [2.75, 3.05) is 26.8 Å². The van der Waals surface area contributed by atoms with E-state index in [1.807, 2.05) is 6.07 Å². The lowest BCUT2D eigenvalue weighted by atomic mass is 9.99. The molecule has 6 nitrogen and oxygen atoms in total. The summed E-state index contributed by atoms with van der Waals surface area (Å²) in [7, 11) is -1.83. The van der Waals surface area contributed by atoms with E-state index in [4.69, 9.17) is 32.2 Å². The summed E-state index contributed by atoms with van der Waals surface area (Å²) in [6, 6.07) is 5.39. The number of hydrogen-bond acceptors (Lipinski definition) is 6. The first-order valence-electron chi connectivity index (χ1n) is 6.69. The summed E-state index contributed by atoms with van der Waals surface area (Å²) in [5, 5.41) is -0.683. The monoisotopic (exact) mass is 343 g/mol. The summed E-state index contributed by atoms with van der Waals surface area (Å²) in [5.74, 6) is 0.910. The maximum absolute atomic E-state index is 12.2. The quantitative estimate of drug-likeness (QED) is 0.793. The number of methoxy groups -OCH3 is 1. The Labute approximate surface area is 134 Å². The number of hydrogen-bond donors (Lipinski definition) is 1. The zero-order valence-electron chi connectivity index (χ0n) is 12.2. The van der Waals surface area contributed by atoms with Crippen molar-refractivity contribution in [3.63, 3.8) is 0 Å². The number of ether oxygens (including phenoxy) is 3. The Morgan fingerprint density at radius 3 is 2.73 bits per heavy atom. The predicted octanol–water partition coefficient (Wildman–Crippen LogP) is 0.845. The van der Waals surface area contributed by atoms with Gasteiger partial charge in [0.25, 0.3) is 0 Å². The van der Waals surface area contributed by atoms with Crippen LogP contribution < -0.4 is 15.2 Å². The number of fused-ring (bicyclic) bond motifs is 1. The molecule has 0 aromatic heterocycles. The third-order valence-electron chi connectivity index (χ3n) is 4.32. The van der Waals surface area contributed by atoms with Gasteiger partial charge in [-0.05, 0) is 17.7 Å². The molecule has 0 unspecified atom stereocenters. The molecule has 1 aliphatic carbocycles. The molecular weight excluding hydrogens is 326 g/mol. The van der Waals surface area contributed by atoms with E-state index in [2.05, 4.69) is 0 Å². The van der Waals surface area contributed by atoms with Crippen LogP contribution in [0.25, 0.3) is 0 Å². The summed E-state index contributed by atoms with van der Waals surface area (Å²) in [5.41, 5.74) is 5.82. The molecule has 0 radical (unpaired) electrons. The lowest BCUT2D eigenvalue weighted by Crippen LogP contribution is -2.32. The van der Waals surface area contributed by atoms with Gasteiger partial charge in [0.15, 0.2) is 21.3 Å². The van der Waals surface area contributed by atoms with Gasteiger partial charge in [-0.1, -0.05) is 18.3 Å². The molecule has 1 aromatic rings. The van der Waals surface area contributed by atoms with Crippen molar-refractivity contribution in [1.29, 1.82) is 0 Å². The van der Waals surface area contributed by atoms with Crippen LogP contribution in [0.4, 0.5) is 0 Å². The average Bonchev–Trinajstić information content (AvgIpc) is 2.91. The number of benzene rings is 1. The van der Waals surface area contributed by atoms with Crippen LogP contribution in [-0.2, 0) is 14.6 Å². The van der Waals surface area contributed by atoms with Crippen molar-refractivity contribution >= 4 is 27.0 Å². The molecule has 1 aromatic carbocycles. The number of sulfone groups is 1. The maximum atomic E-state index is 12.2. The Balaban J connectivity index is 2.06. The highest BCUT2D eigenvalue weighted by Crippen LogP contribution is 2.63. The highest BCUT2D eigenvalue weighted by molar-refractivity contribution is 7.92. The van der Waals surface area contributed by atoms with Gasteiger partial charge < -0.3 is 19.9 Å². The molecule has 2 N–H and O–H groups in total. The van der Waals surface area contributed by atoms with Gasteiger partial charge in [0.05, 0.1) is 22.3 Å². The zero-order valence-corrected chi connectivity index (χ0v) is 13.9. The standard InChI is InChI=1S/C14H17NO5S2/c1-18-6-14(13(15)21)11(12(14)22(2,16)17)8-3-4-9-10(5-8)20-7-19-9/h3-5,11-12H,6-7H2,1-2H3,(H2,15,21)/t11-,12+,14+/m1/s1. The minimum absolute atomic E-state index is 0.160. The third-order valence-corrected chi connectivity index (χ3v) is 6.31. The summed E-state index contributed by atoms with van der Waals surface area (Å²) in [4.78, 5) is 0.160. The van der Waals surface area contributed by atoms with E-state index in [-0.39, 0.29) is 24.3 Å². The second-order valence-electron chi connectivity index (χ2n) is 5.68. The van der Waals surface area contributed by atoms with Crippen molar-refractivity contribution in [1.82, 2.24) is 0 Å². The SMILES string of the molecule is COC[C@]1(C(N)=S)[C@H](c2ccc3c(c2)OCO3)[C@@H]1S(C)(=O)=O. The largest absolute Gasteiger partial charge is 0.454 e. The Kier molecular flexibility index (Phi) is 3.58. The van der Waals surface area contributed by atoms with Crippen LogP contribution in [0.1, 0.15) is 11.5 Å². The molecular formula is C14H17NO5S2. The van der Waals surface area contributed by atoms with Gasteiger partial charge in [-0.3, -0.25) is 0 Å². The fourth-order valence-electron chi connectivity index (χ4n) is 3.39. The minimum atomic E-state index is -3.34. The topological polar surface area (TPSA) is 87.8 Å². The van der Waals surface area contributed by atoms with E-state index in [0.717, 1.165) is 5.56 Å². The molecule has 2 aliphatic rings. The normalized spacial score (nSPS) is 29.4. The molecule has 0 saturated heterocycles. The third kappa shape index (κ3) is 2.17. The lowest BCUT2D eigenvalue weighted by molar-refractivity contribution is 0.166. The van der Waals surface area contributed by atoms with Crippen LogP contribution in [0.15, 0.2) is 18.2 Å². The molecule has 3 rings (SSSR count). The van der Waals surface area contributed by atoms with Crippen molar-refractivity contribution in [2.24, 2.45) is 11.1 Å². The van der Waals surface area contributed by atoms with Gasteiger partial charge in [-0.2, -0.15) is 0 Å². The molecule has 1 saturated carbocycles. The number of rotatable bonds is 5. The van der Waals surface area contributed by atoms with E-state index in [0.29, 0.717) is 11.5 Å². The molecule has 8 heteroatoms. The smallest absolute Gasteiger partial charge is 0.231 e. The average molecular weight is 343 g/mol. The number of thiocarbonyl (C=S) groups is 1. The van der Waals surface area contributed by atoms with Crippen LogP contribution in [0.2, 0.25) is 0 Å². The molecule has 22 heavy (non-hydrogen) atoms. The Morgan fingerprint density at radius 2 is 2.14 bits per heavy atom. The molecule has 3 atom stereocenters. The first kappa shape index (κ1) is 15.5. The van der Waals surface area contributed by atoms with E-state index < -0.39 is 20.5 Å². The van der Waals surface area contributed by atoms with Crippen LogP contribution in [0.5, 0.6) is 11.5 Å². The Morgan fingerprint density at radius 1 is 1.45 bits per heavy atom. The van der Waals surface area contributed by atoms with E-state index >= 15 is 0 Å². The summed E-state index contributed by atoms with van der Waals surface area (Å²) in [6.07, 6.45) is 1.20. The summed E-state index contributed by atoms with van der Waals surface area (Å²) >= 11 is 5.16. The lowest BCUT2D eigenvalue weighted by Gasteiger charge is -2.15. The molecule has 0 bridgehead atoms. The molecule has 1 aliphatic heterocycles. The van der Waals surface area contributed by atoms with E-state index in [9.17, 15) is 8.42 Å². The van der Waals surface area contributed by atoms with Crippen LogP contribution in [-0.4, -0.2) is 45.4 Å². The van der Waals surface area contributed by atoms with Gasteiger partial charge in [0.2, 0.25) is 6.79 Å². The van der Waals surface area contributed by atoms with Crippen LogP contribution in [0, 0.1) is 5.41 Å². The molecule has 0 amide bonds. The van der Waals surface area contributed by atoms with Crippen LogP contribution in [0.3, 0.4) is 0 Å². The highest BCUT2D eigenvalue weighted by atomic mass is 32.2. The van der Waals surface area contributed by atoms with Gasteiger partial charge in [-0.15, -0.1) is 0 Å². The summed E-state index contributed by atoms with van der Waals surface area (Å²) in [6.45, 7) is 0.330. The summed E-state index contributed by atoms with van der Waals surface area (Å²) < 4.78 is 40.2. The van der Waals surface area contributed by atoms with Crippen molar-refractivity contribution in [3.8, 4) is 11.5 Å². The predicted molar refractivity (Wildman–Crippen MR) is 85.0 cm³/mol. The second kappa shape index (κ2) is 5.07. The number of nitrogens with two attached hydrogens (primary N) is 1. The Hall–Kier alpha value is -1.38. The van der Waals surface area contributed by atoms with Gasteiger partial charge in [0, 0.05) is 19.3 Å². The van der Waals surface area contributed by atoms with Crippen LogP contribution >= 0.6 is 12.2 Å².